The highest BCUT2D eigenvalue weighted by Crippen LogP contribution is 2.35. The molecule has 0 N–H and O–H groups in total. The number of methoxy groups -OCH3 is 1. The fourth-order valence-electron chi connectivity index (χ4n) is 3.50. The van der Waals surface area contributed by atoms with E-state index in [1.54, 1.807) is 24.8 Å². The van der Waals surface area contributed by atoms with Gasteiger partial charge in [-0.15, -0.1) is 11.3 Å². The van der Waals surface area contributed by atoms with E-state index in [1.165, 1.54) is 15.4 Å². The summed E-state index contributed by atoms with van der Waals surface area (Å²) < 4.78 is 5.41. The Morgan fingerprint density at radius 3 is 2.63 bits per heavy atom. The summed E-state index contributed by atoms with van der Waals surface area (Å²) in [6.07, 6.45) is 3.79. The number of aromatic nitrogens is 2. The van der Waals surface area contributed by atoms with Crippen molar-refractivity contribution in [3.8, 4) is 0 Å². The number of fused-ring (bicyclic) bond motifs is 1. The fraction of sp³-hybridized carbons (Fsp3) is 0.632. The molecular formula is C19H27N5OS2. The largest absolute Gasteiger partial charge is 0.385 e. The van der Waals surface area contributed by atoms with Crippen molar-refractivity contribution < 1.29 is 4.74 Å². The van der Waals surface area contributed by atoms with Gasteiger partial charge in [0.1, 0.15) is 17.0 Å². The van der Waals surface area contributed by atoms with E-state index in [0.29, 0.717) is 0 Å². The van der Waals surface area contributed by atoms with Gasteiger partial charge in [0.05, 0.1) is 11.9 Å². The molecule has 146 valence electrons. The van der Waals surface area contributed by atoms with Crippen LogP contribution in [0, 0.1) is 0 Å². The van der Waals surface area contributed by atoms with Gasteiger partial charge in [0.15, 0.2) is 5.17 Å². The summed E-state index contributed by atoms with van der Waals surface area (Å²) in [5.74, 6) is 1.08. The lowest BCUT2D eigenvalue weighted by Crippen LogP contribution is -2.48. The lowest BCUT2D eigenvalue weighted by atomic mass is 10.2. The highest BCUT2D eigenvalue weighted by atomic mass is 32.2. The van der Waals surface area contributed by atoms with Crippen LogP contribution in [-0.2, 0) is 11.2 Å². The maximum absolute atomic E-state index is 5.17. The molecule has 0 spiro atoms. The summed E-state index contributed by atoms with van der Waals surface area (Å²) >= 11 is 3.69. The number of thiophene rings is 1. The number of nitrogens with zero attached hydrogens (tertiary/aromatic N) is 5. The van der Waals surface area contributed by atoms with Crippen molar-refractivity contribution >= 4 is 44.3 Å². The van der Waals surface area contributed by atoms with Crippen LogP contribution >= 0.6 is 23.1 Å². The first-order valence-corrected chi connectivity index (χ1v) is 11.1. The number of aliphatic imine (C=N–C) groups is 1. The third kappa shape index (κ3) is 4.22. The van der Waals surface area contributed by atoms with Gasteiger partial charge in [-0.25, -0.2) is 9.97 Å². The molecule has 0 unspecified atom stereocenters. The third-order valence-corrected chi connectivity index (χ3v) is 7.30. The topological polar surface area (TPSA) is 53.9 Å². The number of ether oxygens (including phenoxy) is 1. The van der Waals surface area contributed by atoms with E-state index < -0.39 is 0 Å². The summed E-state index contributed by atoms with van der Waals surface area (Å²) in [6.45, 7) is 10.2. The zero-order valence-electron chi connectivity index (χ0n) is 16.3. The summed E-state index contributed by atoms with van der Waals surface area (Å²) in [6, 6.07) is 2.27. The van der Waals surface area contributed by atoms with Gasteiger partial charge < -0.3 is 14.5 Å². The van der Waals surface area contributed by atoms with Crippen LogP contribution in [0.1, 0.15) is 25.1 Å². The third-order valence-electron chi connectivity index (χ3n) is 4.94. The zero-order chi connectivity index (χ0) is 18.9. The van der Waals surface area contributed by atoms with Crippen molar-refractivity contribution in [1.82, 2.24) is 14.9 Å². The molecule has 0 aliphatic carbocycles. The lowest BCUT2D eigenvalue weighted by Gasteiger charge is -2.36. The highest BCUT2D eigenvalue weighted by molar-refractivity contribution is 8.15. The Bertz CT molecular complexity index is 827. The Hall–Kier alpha value is -1.38. The first-order chi connectivity index (χ1) is 13.1. The Labute approximate surface area is 169 Å². The lowest BCUT2D eigenvalue weighted by molar-refractivity contribution is 0.195. The van der Waals surface area contributed by atoms with Crippen LogP contribution in [0.4, 0.5) is 5.82 Å². The minimum absolute atomic E-state index is 0.237. The van der Waals surface area contributed by atoms with Gasteiger partial charge in [0.2, 0.25) is 0 Å². The number of piperazine rings is 1. The quantitative estimate of drug-likeness (QED) is 0.712. The Morgan fingerprint density at radius 1 is 1.15 bits per heavy atom. The zero-order valence-corrected chi connectivity index (χ0v) is 17.9. The molecule has 2 aliphatic rings. The van der Waals surface area contributed by atoms with Crippen LogP contribution < -0.4 is 4.90 Å². The van der Waals surface area contributed by atoms with E-state index in [-0.39, 0.29) is 4.75 Å². The molecule has 27 heavy (non-hydrogen) atoms. The Kier molecular flexibility index (Phi) is 5.57. The van der Waals surface area contributed by atoms with Crippen LogP contribution in [0.5, 0.6) is 0 Å². The molecule has 0 saturated carbocycles. The number of rotatable bonds is 5. The SMILES string of the molecule is COCCCc1cc2c(N3CCN(C4=NCC(C)(C)S4)CC3)ncnc2s1. The van der Waals surface area contributed by atoms with Gasteiger partial charge in [0.25, 0.3) is 0 Å². The van der Waals surface area contributed by atoms with Crippen LogP contribution in [0.15, 0.2) is 17.4 Å². The molecule has 4 heterocycles. The normalized spacial score (nSPS) is 19.7. The van der Waals surface area contributed by atoms with Crippen LogP contribution in [0.3, 0.4) is 0 Å². The minimum Gasteiger partial charge on any atom is -0.385 e. The molecule has 0 amide bonds. The van der Waals surface area contributed by atoms with Gasteiger partial charge >= 0.3 is 0 Å². The molecule has 2 aliphatic heterocycles. The van der Waals surface area contributed by atoms with E-state index in [9.17, 15) is 0 Å². The van der Waals surface area contributed by atoms with Gasteiger partial charge in [0, 0.05) is 49.5 Å². The number of aryl methyl sites for hydroxylation is 1. The molecule has 0 bridgehead atoms. The molecule has 0 radical (unpaired) electrons. The molecule has 0 atom stereocenters. The molecule has 6 nitrogen and oxygen atoms in total. The summed E-state index contributed by atoms with van der Waals surface area (Å²) in [5.41, 5.74) is 0. The van der Waals surface area contributed by atoms with Crippen LogP contribution in [0.2, 0.25) is 0 Å². The minimum atomic E-state index is 0.237. The van der Waals surface area contributed by atoms with E-state index in [0.717, 1.165) is 62.8 Å². The molecule has 2 aromatic rings. The van der Waals surface area contributed by atoms with Gasteiger partial charge in [-0.3, -0.25) is 4.99 Å². The van der Waals surface area contributed by atoms with Crippen molar-refractivity contribution in [3.05, 3.63) is 17.3 Å². The molecule has 2 aromatic heterocycles. The van der Waals surface area contributed by atoms with Crippen molar-refractivity contribution in [3.63, 3.8) is 0 Å². The average molecular weight is 406 g/mol. The number of anilines is 1. The van der Waals surface area contributed by atoms with E-state index >= 15 is 0 Å². The first kappa shape index (κ1) is 19.0. The number of hydrogen-bond acceptors (Lipinski definition) is 8. The summed E-state index contributed by atoms with van der Waals surface area (Å²) in [4.78, 5) is 21.2. The average Bonchev–Trinajstić information content (AvgIpc) is 3.24. The second kappa shape index (κ2) is 7.93. The maximum atomic E-state index is 5.17. The van der Waals surface area contributed by atoms with Crippen molar-refractivity contribution in [2.24, 2.45) is 4.99 Å². The standard InChI is InChI=1S/C19H27N5OS2/c1-19(2)12-20-18(27-19)24-8-6-23(7-9-24)16-15-11-14(5-4-10-25-3)26-17(15)22-13-21-16/h11,13H,4-10,12H2,1-3H3. The molecule has 4 rings (SSSR count). The molecule has 0 aromatic carbocycles. The predicted octanol–water partition coefficient (Wildman–Crippen LogP) is 3.27. The molecular weight excluding hydrogens is 378 g/mol. The Morgan fingerprint density at radius 2 is 1.93 bits per heavy atom. The first-order valence-electron chi connectivity index (χ1n) is 9.51. The highest BCUT2D eigenvalue weighted by Gasteiger charge is 2.32. The summed E-state index contributed by atoms with van der Waals surface area (Å²) in [5, 5.41) is 2.40. The van der Waals surface area contributed by atoms with Crippen molar-refractivity contribution in [2.75, 3.05) is 51.3 Å². The van der Waals surface area contributed by atoms with E-state index in [4.69, 9.17) is 9.73 Å². The second-order valence-corrected chi connectivity index (χ2v) is 10.4. The fourth-order valence-corrected chi connectivity index (χ4v) is 5.60. The van der Waals surface area contributed by atoms with Crippen LogP contribution in [0.25, 0.3) is 10.2 Å². The van der Waals surface area contributed by atoms with Gasteiger partial charge in [-0.1, -0.05) is 11.8 Å². The molecule has 1 saturated heterocycles. The van der Waals surface area contributed by atoms with E-state index in [2.05, 4.69) is 39.7 Å². The monoisotopic (exact) mass is 405 g/mol. The summed E-state index contributed by atoms with van der Waals surface area (Å²) in [7, 11) is 1.75. The smallest absolute Gasteiger partial charge is 0.159 e. The van der Waals surface area contributed by atoms with Gasteiger partial charge in [-0.05, 0) is 32.8 Å². The van der Waals surface area contributed by atoms with Crippen molar-refractivity contribution in [1.29, 1.82) is 0 Å². The molecule has 1 fully saturated rings. The number of thioether (sulfide) groups is 1. The van der Waals surface area contributed by atoms with Crippen molar-refractivity contribution in [2.45, 2.75) is 31.4 Å². The predicted molar refractivity (Wildman–Crippen MR) is 115 cm³/mol. The number of amidine groups is 1. The van der Waals surface area contributed by atoms with Crippen LogP contribution in [-0.4, -0.2) is 71.2 Å². The van der Waals surface area contributed by atoms with Gasteiger partial charge in [-0.2, -0.15) is 0 Å². The number of hydrogen-bond donors (Lipinski definition) is 0. The Balaban J connectivity index is 1.44. The molecule has 8 heteroatoms. The van der Waals surface area contributed by atoms with E-state index in [1.807, 2.05) is 11.8 Å². The second-order valence-electron chi connectivity index (χ2n) is 7.66. The maximum Gasteiger partial charge on any atom is 0.159 e.